The molecule has 1 aromatic carbocycles. The third-order valence-corrected chi connectivity index (χ3v) is 4.70. The molecule has 22 heavy (non-hydrogen) atoms. The Bertz CT molecular complexity index is 733. The number of rotatable bonds is 5. The number of carboxylic acid groups (broad SMARTS) is 1. The lowest BCUT2D eigenvalue weighted by Gasteiger charge is -2.12. The quantitative estimate of drug-likeness (QED) is 0.855. The standard InChI is InChI=1S/C17H20N2O3/c1-19-15-5-3-2-4-12(15)13-7-6-11(10-16(13)19)14(18-22)8-9-17(20)21/h6-7,10,14H,2-5,8-9H2,1H3,(H,20,21). The first-order valence-corrected chi connectivity index (χ1v) is 7.76. The van der Waals surface area contributed by atoms with Gasteiger partial charge in [0.05, 0.1) is 0 Å². The lowest BCUT2D eigenvalue weighted by atomic mass is 9.94. The van der Waals surface area contributed by atoms with E-state index in [0.29, 0.717) is 0 Å². The third-order valence-electron chi connectivity index (χ3n) is 4.70. The predicted octanol–water partition coefficient (Wildman–Crippen LogP) is 3.73. The van der Waals surface area contributed by atoms with Gasteiger partial charge in [0.25, 0.3) is 0 Å². The molecule has 1 aliphatic rings. The number of nitrogens with zero attached hydrogens (tertiary/aromatic N) is 2. The molecule has 5 heteroatoms. The molecule has 1 heterocycles. The van der Waals surface area contributed by atoms with Crippen LogP contribution in [0.15, 0.2) is 23.4 Å². The zero-order chi connectivity index (χ0) is 15.7. The monoisotopic (exact) mass is 300 g/mol. The number of carboxylic acids is 1. The minimum absolute atomic E-state index is 0.0436. The van der Waals surface area contributed by atoms with Gasteiger partial charge in [0.1, 0.15) is 6.04 Å². The fourth-order valence-electron chi connectivity index (χ4n) is 3.52. The van der Waals surface area contributed by atoms with Crippen LogP contribution in [0, 0.1) is 4.91 Å². The van der Waals surface area contributed by atoms with Crippen LogP contribution >= 0.6 is 0 Å². The Morgan fingerprint density at radius 2 is 2.14 bits per heavy atom. The topological polar surface area (TPSA) is 71.7 Å². The van der Waals surface area contributed by atoms with Crippen LogP contribution in [0.5, 0.6) is 0 Å². The zero-order valence-electron chi connectivity index (χ0n) is 12.7. The molecule has 5 nitrogen and oxygen atoms in total. The Labute approximate surface area is 128 Å². The van der Waals surface area contributed by atoms with Crippen LogP contribution in [-0.4, -0.2) is 15.6 Å². The van der Waals surface area contributed by atoms with E-state index in [1.165, 1.54) is 29.5 Å². The van der Waals surface area contributed by atoms with Crippen molar-refractivity contribution in [3.63, 3.8) is 0 Å². The summed E-state index contributed by atoms with van der Waals surface area (Å²) in [5, 5.41) is 13.2. The van der Waals surface area contributed by atoms with Gasteiger partial charge in [-0.05, 0) is 49.3 Å². The number of hydrogen-bond donors (Lipinski definition) is 1. The van der Waals surface area contributed by atoms with E-state index in [0.717, 1.165) is 23.9 Å². The molecule has 3 rings (SSSR count). The summed E-state index contributed by atoms with van der Waals surface area (Å²) < 4.78 is 2.21. The van der Waals surface area contributed by atoms with Crippen LogP contribution in [0.2, 0.25) is 0 Å². The normalized spacial score (nSPS) is 15.5. The summed E-state index contributed by atoms with van der Waals surface area (Å²) in [4.78, 5) is 21.8. The zero-order valence-corrected chi connectivity index (χ0v) is 12.7. The largest absolute Gasteiger partial charge is 0.481 e. The first kappa shape index (κ1) is 14.8. The van der Waals surface area contributed by atoms with Crippen LogP contribution in [-0.2, 0) is 24.7 Å². The molecule has 1 aliphatic carbocycles. The van der Waals surface area contributed by atoms with E-state index in [1.807, 2.05) is 12.1 Å². The summed E-state index contributed by atoms with van der Waals surface area (Å²) in [6.07, 6.45) is 4.86. The van der Waals surface area contributed by atoms with Crippen molar-refractivity contribution in [3.05, 3.63) is 39.9 Å². The Morgan fingerprint density at radius 1 is 1.36 bits per heavy atom. The average Bonchev–Trinajstić information content (AvgIpc) is 2.81. The molecule has 0 radical (unpaired) electrons. The fourth-order valence-corrected chi connectivity index (χ4v) is 3.52. The highest BCUT2D eigenvalue weighted by atomic mass is 16.4. The van der Waals surface area contributed by atoms with Crippen molar-refractivity contribution in [1.82, 2.24) is 4.57 Å². The number of nitroso groups, excluding NO2 is 1. The molecule has 0 saturated heterocycles. The Hall–Kier alpha value is -2.17. The molecule has 0 bridgehead atoms. The van der Waals surface area contributed by atoms with Gasteiger partial charge in [-0.1, -0.05) is 17.3 Å². The molecule has 1 atom stereocenters. The van der Waals surface area contributed by atoms with E-state index in [-0.39, 0.29) is 12.8 Å². The van der Waals surface area contributed by atoms with Gasteiger partial charge in [-0.25, -0.2) is 0 Å². The van der Waals surface area contributed by atoms with Crippen molar-refractivity contribution in [2.75, 3.05) is 0 Å². The summed E-state index contributed by atoms with van der Waals surface area (Å²) in [7, 11) is 2.07. The highest BCUT2D eigenvalue weighted by Crippen LogP contribution is 2.34. The van der Waals surface area contributed by atoms with E-state index >= 15 is 0 Å². The number of carbonyl (C=O) groups is 1. The Kier molecular flexibility index (Phi) is 3.96. The van der Waals surface area contributed by atoms with Gasteiger partial charge in [-0.2, -0.15) is 4.91 Å². The molecule has 0 fully saturated rings. The molecule has 1 unspecified atom stereocenters. The highest BCUT2D eigenvalue weighted by molar-refractivity contribution is 5.86. The molecule has 1 N–H and O–H groups in total. The first-order chi connectivity index (χ1) is 10.6. The Morgan fingerprint density at radius 3 is 2.86 bits per heavy atom. The lowest BCUT2D eigenvalue weighted by Crippen LogP contribution is -2.04. The maximum atomic E-state index is 11.1. The molecule has 1 aromatic heterocycles. The predicted molar refractivity (Wildman–Crippen MR) is 85.0 cm³/mol. The van der Waals surface area contributed by atoms with Crippen LogP contribution in [0.1, 0.15) is 48.5 Å². The number of aryl methyl sites for hydroxylation is 2. The van der Waals surface area contributed by atoms with Crippen molar-refractivity contribution in [3.8, 4) is 0 Å². The molecule has 0 aliphatic heterocycles. The summed E-state index contributed by atoms with van der Waals surface area (Å²) in [6, 6.07) is 5.40. The molecule has 0 spiro atoms. The second-order valence-corrected chi connectivity index (χ2v) is 6.02. The van der Waals surface area contributed by atoms with Crippen molar-refractivity contribution in [2.24, 2.45) is 12.2 Å². The number of fused-ring (bicyclic) bond motifs is 3. The second kappa shape index (κ2) is 5.91. The minimum Gasteiger partial charge on any atom is -0.481 e. The van der Waals surface area contributed by atoms with Gasteiger partial charge in [-0.3, -0.25) is 4.79 Å². The summed E-state index contributed by atoms with van der Waals surface area (Å²) in [6.45, 7) is 0. The van der Waals surface area contributed by atoms with Crippen molar-refractivity contribution >= 4 is 16.9 Å². The summed E-state index contributed by atoms with van der Waals surface area (Å²) in [5.41, 5.74) is 4.74. The lowest BCUT2D eigenvalue weighted by molar-refractivity contribution is -0.137. The van der Waals surface area contributed by atoms with E-state index in [1.54, 1.807) is 0 Å². The fraction of sp³-hybridized carbons (Fsp3) is 0.471. The number of aromatic nitrogens is 1. The van der Waals surface area contributed by atoms with Crippen LogP contribution < -0.4 is 0 Å². The molecular formula is C17H20N2O3. The summed E-state index contributed by atoms with van der Waals surface area (Å²) >= 11 is 0. The van der Waals surface area contributed by atoms with Crippen LogP contribution in [0.3, 0.4) is 0 Å². The number of benzene rings is 1. The van der Waals surface area contributed by atoms with Gasteiger partial charge in [0, 0.05) is 30.1 Å². The maximum Gasteiger partial charge on any atom is 0.303 e. The first-order valence-electron chi connectivity index (χ1n) is 7.76. The Balaban J connectivity index is 2.00. The van der Waals surface area contributed by atoms with E-state index in [4.69, 9.17) is 5.11 Å². The molecule has 2 aromatic rings. The molecular weight excluding hydrogens is 280 g/mol. The van der Waals surface area contributed by atoms with Crippen molar-refractivity contribution < 1.29 is 9.90 Å². The van der Waals surface area contributed by atoms with Gasteiger partial charge < -0.3 is 9.67 Å². The van der Waals surface area contributed by atoms with Gasteiger partial charge in [-0.15, -0.1) is 0 Å². The highest BCUT2D eigenvalue weighted by Gasteiger charge is 2.20. The number of aliphatic carboxylic acids is 1. The molecule has 116 valence electrons. The van der Waals surface area contributed by atoms with E-state index in [2.05, 4.69) is 22.9 Å². The molecule has 0 saturated carbocycles. The van der Waals surface area contributed by atoms with Crippen molar-refractivity contribution in [1.29, 1.82) is 0 Å². The van der Waals surface area contributed by atoms with Crippen LogP contribution in [0.4, 0.5) is 0 Å². The second-order valence-electron chi connectivity index (χ2n) is 6.02. The summed E-state index contributed by atoms with van der Waals surface area (Å²) in [5.74, 6) is -0.899. The van der Waals surface area contributed by atoms with E-state index < -0.39 is 12.0 Å². The number of hydrogen-bond acceptors (Lipinski definition) is 3. The minimum atomic E-state index is -0.899. The van der Waals surface area contributed by atoms with Crippen LogP contribution in [0.25, 0.3) is 10.9 Å². The SMILES string of the molecule is Cn1c2c(c3ccc(C(CCC(=O)O)N=O)cc31)CCCC2. The van der Waals surface area contributed by atoms with Gasteiger partial charge >= 0.3 is 5.97 Å². The van der Waals surface area contributed by atoms with Gasteiger partial charge in [0.15, 0.2) is 0 Å². The third kappa shape index (κ3) is 2.51. The molecule has 0 amide bonds. The van der Waals surface area contributed by atoms with E-state index in [9.17, 15) is 9.70 Å². The maximum absolute atomic E-state index is 11.1. The van der Waals surface area contributed by atoms with Crippen molar-refractivity contribution in [2.45, 2.75) is 44.6 Å². The van der Waals surface area contributed by atoms with Gasteiger partial charge in [0.2, 0.25) is 0 Å². The average molecular weight is 300 g/mol. The smallest absolute Gasteiger partial charge is 0.303 e.